The summed E-state index contributed by atoms with van der Waals surface area (Å²) >= 11 is 3.18. The molecule has 1 aromatic rings. The number of aliphatic hydroxyl groups excluding tert-OH is 2. The molecule has 4 nitrogen and oxygen atoms in total. The second kappa shape index (κ2) is 5.95. The molecule has 2 atom stereocenters. The molecule has 0 amide bonds. The molecule has 0 aliphatic rings. The van der Waals surface area contributed by atoms with Gasteiger partial charge in [-0.05, 0) is 18.6 Å². The van der Waals surface area contributed by atoms with Crippen LogP contribution in [0, 0.1) is 0 Å². The first-order chi connectivity index (χ1) is 7.19. The smallest absolute Gasteiger partial charge is 0.151 e. The van der Waals surface area contributed by atoms with Crippen LogP contribution < -0.4 is 0 Å². The maximum atomic E-state index is 10.4. The Kier molecular flexibility index (Phi) is 4.87. The fraction of sp³-hybridized carbons (Fsp3) is 0.400. The number of aldehydes is 1. The van der Waals surface area contributed by atoms with E-state index in [4.69, 9.17) is 0 Å². The van der Waals surface area contributed by atoms with Crippen molar-refractivity contribution in [3.8, 4) is 0 Å². The highest BCUT2D eigenvalue weighted by Crippen LogP contribution is 2.17. The van der Waals surface area contributed by atoms with Crippen molar-refractivity contribution in [3.63, 3.8) is 0 Å². The number of aromatic nitrogens is 1. The molecule has 5 heteroatoms. The minimum Gasteiger partial charge on any atom is -0.390 e. The Balaban J connectivity index is 2.73. The quantitative estimate of drug-likeness (QED) is 0.622. The average Bonchev–Trinajstić information content (AvgIpc) is 2.28. The second-order valence-corrected chi connectivity index (χ2v) is 3.92. The van der Waals surface area contributed by atoms with Crippen molar-refractivity contribution in [1.82, 2.24) is 4.98 Å². The summed E-state index contributed by atoms with van der Waals surface area (Å²) in [6.07, 6.45) is 0.630. The summed E-state index contributed by atoms with van der Waals surface area (Å²) in [6, 6.07) is 3.09. The van der Waals surface area contributed by atoms with Crippen molar-refractivity contribution in [3.05, 3.63) is 29.6 Å². The van der Waals surface area contributed by atoms with Crippen LogP contribution in [0.1, 0.15) is 28.6 Å². The van der Waals surface area contributed by atoms with Crippen LogP contribution in [0.2, 0.25) is 0 Å². The Labute approximate surface area is 96.1 Å². The number of rotatable bonds is 5. The van der Waals surface area contributed by atoms with Gasteiger partial charge in [0, 0.05) is 17.1 Å². The lowest BCUT2D eigenvalue weighted by Crippen LogP contribution is -2.19. The van der Waals surface area contributed by atoms with E-state index in [2.05, 4.69) is 20.9 Å². The molecule has 0 spiro atoms. The summed E-state index contributed by atoms with van der Waals surface area (Å²) in [5.74, 6) is 0. The standard InChI is InChI=1S/C10H12BrNO3/c11-4-3-9(14)10(15)8-2-1-7(6-13)5-12-8/h1-2,5-6,9-10,14-15H,3-4H2. The molecule has 0 radical (unpaired) electrons. The minimum atomic E-state index is -1.01. The summed E-state index contributed by atoms with van der Waals surface area (Å²) in [5.41, 5.74) is 0.815. The summed E-state index contributed by atoms with van der Waals surface area (Å²) in [7, 11) is 0. The molecule has 1 heterocycles. The zero-order chi connectivity index (χ0) is 11.3. The van der Waals surface area contributed by atoms with E-state index in [9.17, 15) is 15.0 Å². The Morgan fingerprint density at radius 2 is 2.20 bits per heavy atom. The number of aliphatic hydroxyl groups is 2. The zero-order valence-corrected chi connectivity index (χ0v) is 9.59. The van der Waals surface area contributed by atoms with Gasteiger partial charge in [0.2, 0.25) is 0 Å². The number of hydrogen-bond donors (Lipinski definition) is 2. The molecular formula is C10H12BrNO3. The molecule has 0 saturated carbocycles. The van der Waals surface area contributed by atoms with E-state index < -0.39 is 12.2 Å². The SMILES string of the molecule is O=Cc1ccc(C(O)C(O)CCBr)nc1. The van der Waals surface area contributed by atoms with Gasteiger partial charge in [0.05, 0.1) is 11.8 Å². The third kappa shape index (κ3) is 3.37. The summed E-state index contributed by atoms with van der Waals surface area (Å²) in [4.78, 5) is 14.3. The molecule has 0 saturated heterocycles. The summed E-state index contributed by atoms with van der Waals surface area (Å²) < 4.78 is 0. The number of halogens is 1. The van der Waals surface area contributed by atoms with Gasteiger partial charge in [-0.2, -0.15) is 0 Å². The second-order valence-electron chi connectivity index (χ2n) is 3.12. The van der Waals surface area contributed by atoms with Crippen LogP contribution in [0.4, 0.5) is 0 Å². The summed E-state index contributed by atoms with van der Waals surface area (Å²) in [5, 5.41) is 19.8. The van der Waals surface area contributed by atoms with Crippen molar-refractivity contribution in [2.24, 2.45) is 0 Å². The number of alkyl halides is 1. The van der Waals surface area contributed by atoms with Gasteiger partial charge >= 0.3 is 0 Å². The van der Waals surface area contributed by atoms with E-state index in [1.807, 2.05) is 0 Å². The lowest BCUT2D eigenvalue weighted by molar-refractivity contribution is 0.0148. The van der Waals surface area contributed by atoms with Gasteiger partial charge in [-0.1, -0.05) is 15.9 Å². The molecule has 2 N–H and O–H groups in total. The molecule has 1 aromatic heterocycles. The predicted octanol–water partition coefficient (Wildman–Crippen LogP) is 1.07. The maximum absolute atomic E-state index is 10.4. The third-order valence-electron chi connectivity index (χ3n) is 2.02. The Morgan fingerprint density at radius 1 is 1.47 bits per heavy atom. The number of carbonyl (C=O) groups is 1. The van der Waals surface area contributed by atoms with E-state index in [-0.39, 0.29) is 0 Å². The van der Waals surface area contributed by atoms with Crippen molar-refractivity contribution >= 4 is 22.2 Å². The third-order valence-corrected chi connectivity index (χ3v) is 2.48. The van der Waals surface area contributed by atoms with Gasteiger partial charge in [-0.3, -0.25) is 9.78 Å². The van der Waals surface area contributed by atoms with Crippen LogP contribution in [0.25, 0.3) is 0 Å². The molecule has 0 fully saturated rings. The van der Waals surface area contributed by atoms with Crippen LogP contribution >= 0.6 is 15.9 Å². The molecule has 0 aliphatic heterocycles. The van der Waals surface area contributed by atoms with E-state index in [1.54, 1.807) is 6.07 Å². The lowest BCUT2D eigenvalue weighted by Gasteiger charge is -2.15. The maximum Gasteiger partial charge on any atom is 0.151 e. The Bertz CT molecular complexity index is 315. The Morgan fingerprint density at radius 3 is 2.67 bits per heavy atom. The first-order valence-electron chi connectivity index (χ1n) is 4.52. The molecular weight excluding hydrogens is 262 g/mol. The predicted molar refractivity (Wildman–Crippen MR) is 59.0 cm³/mol. The van der Waals surface area contributed by atoms with Gasteiger partial charge in [0.15, 0.2) is 6.29 Å². The van der Waals surface area contributed by atoms with Crippen molar-refractivity contribution in [2.75, 3.05) is 5.33 Å². The molecule has 0 bridgehead atoms. The van der Waals surface area contributed by atoms with Gasteiger partial charge in [0.25, 0.3) is 0 Å². The van der Waals surface area contributed by atoms with E-state index in [1.165, 1.54) is 12.3 Å². The van der Waals surface area contributed by atoms with Crippen LogP contribution in [-0.2, 0) is 0 Å². The number of pyridine rings is 1. The van der Waals surface area contributed by atoms with Gasteiger partial charge in [-0.25, -0.2) is 0 Å². The molecule has 0 aromatic carbocycles. The van der Waals surface area contributed by atoms with E-state index in [0.717, 1.165) is 0 Å². The van der Waals surface area contributed by atoms with Crippen LogP contribution in [0.15, 0.2) is 18.3 Å². The highest BCUT2D eigenvalue weighted by Gasteiger charge is 2.18. The van der Waals surface area contributed by atoms with Crippen molar-refractivity contribution in [1.29, 1.82) is 0 Å². The number of carbonyl (C=O) groups excluding carboxylic acids is 1. The zero-order valence-electron chi connectivity index (χ0n) is 8.01. The molecule has 1 rings (SSSR count). The molecule has 82 valence electrons. The number of nitrogens with zero attached hydrogens (tertiary/aromatic N) is 1. The highest BCUT2D eigenvalue weighted by molar-refractivity contribution is 9.09. The Hall–Kier alpha value is -0.780. The minimum absolute atomic E-state index is 0.369. The number of hydrogen-bond acceptors (Lipinski definition) is 4. The topological polar surface area (TPSA) is 70.4 Å². The fourth-order valence-corrected chi connectivity index (χ4v) is 1.60. The largest absolute Gasteiger partial charge is 0.390 e. The highest BCUT2D eigenvalue weighted by atomic mass is 79.9. The summed E-state index contributed by atoms with van der Waals surface area (Å²) in [6.45, 7) is 0. The molecule has 0 aliphatic carbocycles. The first-order valence-corrected chi connectivity index (χ1v) is 5.64. The fourth-order valence-electron chi connectivity index (χ4n) is 1.13. The van der Waals surface area contributed by atoms with Crippen LogP contribution in [0.5, 0.6) is 0 Å². The van der Waals surface area contributed by atoms with Crippen molar-refractivity contribution in [2.45, 2.75) is 18.6 Å². The molecule has 15 heavy (non-hydrogen) atoms. The van der Waals surface area contributed by atoms with Gasteiger partial charge in [0.1, 0.15) is 6.10 Å². The van der Waals surface area contributed by atoms with Gasteiger partial charge in [-0.15, -0.1) is 0 Å². The van der Waals surface area contributed by atoms with E-state index >= 15 is 0 Å². The van der Waals surface area contributed by atoms with Gasteiger partial charge < -0.3 is 10.2 Å². The lowest BCUT2D eigenvalue weighted by atomic mass is 10.1. The molecule has 2 unspecified atom stereocenters. The van der Waals surface area contributed by atoms with Crippen LogP contribution in [-0.4, -0.2) is 32.9 Å². The van der Waals surface area contributed by atoms with Crippen molar-refractivity contribution < 1.29 is 15.0 Å². The first kappa shape index (κ1) is 12.3. The average molecular weight is 274 g/mol. The monoisotopic (exact) mass is 273 g/mol. The normalized spacial score (nSPS) is 14.6. The van der Waals surface area contributed by atoms with E-state index in [0.29, 0.717) is 29.3 Å². The van der Waals surface area contributed by atoms with Crippen LogP contribution in [0.3, 0.4) is 0 Å².